The summed E-state index contributed by atoms with van der Waals surface area (Å²) in [5.41, 5.74) is -0.173. The second kappa shape index (κ2) is 7.10. The molecular weight excluding hydrogens is 351 g/mol. The van der Waals surface area contributed by atoms with Gasteiger partial charge in [-0.25, -0.2) is 4.98 Å². The van der Waals surface area contributed by atoms with E-state index in [2.05, 4.69) is 15.5 Å². The summed E-state index contributed by atoms with van der Waals surface area (Å²) in [4.78, 5) is 17.5. The van der Waals surface area contributed by atoms with Crippen molar-refractivity contribution in [2.75, 3.05) is 25.5 Å². The molecule has 0 bridgehead atoms. The fourth-order valence-electron chi connectivity index (χ4n) is 3.15. The summed E-state index contributed by atoms with van der Waals surface area (Å²) in [7, 11) is 1.80. The van der Waals surface area contributed by atoms with Gasteiger partial charge in [0.25, 0.3) is 0 Å². The highest BCUT2D eigenvalue weighted by atomic mass is 19.4. The van der Waals surface area contributed by atoms with Gasteiger partial charge in [-0.05, 0) is 26.3 Å². The topological polar surface area (TPSA) is 76.2 Å². The van der Waals surface area contributed by atoms with Gasteiger partial charge in [0.05, 0.1) is 12.2 Å². The predicted molar refractivity (Wildman–Crippen MR) is 86.4 cm³/mol. The van der Waals surface area contributed by atoms with Crippen LogP contribution in [0, 0.1) is 12.8 Å². The summed E-state index contributed by atoms with van der Waals surface area (Å²) in [5.74, 6) is 0.682. The number of hydrogen-bond acceptors (Lipinski definition) is 5. The lowest BCUT2D eigenvalue weighted by Crippen LogP contribution is -2.36. The molecule has 3 rings (SSSR count). The number of alkyl halides is 3. The molecule has 2 aromatic rings. The van der Waals surface area contributed by atoms with Crippen LogP contribution < -0.4 is 5.32 Å². The summed E-state index contributed by atoms with van der Waals surface area (Å²) in [6.45, 7) is 2.97. The van der Waals surface area contributed by atoms with Crippen molar-refractivity contribution in [3.05, 3.63) is 29.5 Å². The Balaban J connectivity index is 1.51. The van der Waals surface area contributed by atoms with Gasteiger partial charge in [-0.1, -0.05) is 5.16 Å². The standard InChI is InChI=1S/C16H20F3N5O2/c1-10-5-15(26-22-10)21-14(25)9-23(2)6-11-3-4-13-20-12(16(17,18)19)8-24(13)7-11/h5,8,11H,3-4,6-7,9H2,1-2H3,(H,21,25). The molecule has 1 unspecified atom stereocenters. The highest BCUT2D eigenvalue weighted by molar-refractivity contribution is 5.90. The number of carbonyl (C=O) groups is 1. The fraction of sp³-hybridized carbons (Fsp3) is 0.562. The Morgan fingerprint density at radius 2 is 2.27 bits per heavy atom. The summed E-state index contributed by atoms with van der Waals surface area (Å²) in [5, 5.41) is 6.31. The third-order valence-electron chi connectivity index (χ3n) is 4.25. The molecular formula is C16H20F3N5O2. The Hall–Kier alpha value is -2.36. The summed E-state index contributed by atoms with van der Waals surface area (Å²) < 4.78 is 44.8. The molecule has 3 heterocycles. The first-order valence-corrected chi connectivity index (χ1v) is 8.25. The van der Waals surface area contributed by atoms with Crippen molar-refractivity contribution in [3.8, 4) is 0 Å². The van der Waals surface area contributed by atoms with E-state index in [0.29, 0.717) is 36.9 Å². The Bertz CT molecular complexity index is 783. The van der Waals surface area contributed by atoms with Crippen molar-refractivity contribution in [2.24, 2.45) is 5.92 Å². The van der Waals surface area contributed by atoms with Crippen molar-refractivity contribution in [1.82, 2.24) is 19.6 Å². The molecule has 0 saturated heterocycles. The number of hydrogen-bond donors (Lipinski definition) is 1. The quantitative estimate of drug-likeness (QED) is 0.873. The van der Waals surface area contributed by atoms with Crippen LogP contribution >= 0.6 is 0 Å². The number of amides is 1. The zero-order chi connectivity index (χ0) is 18.9. The number of likely N-dealkylation sites (N-methyl/N-ethyl adjacent to an activating group) is 1. The number of imidazole rings is 1. The molecule has 2 aromatic heterocycles. The summed E-state index contributed by atoms with van der Waals surface area (Å²) >= 11 is 0. The van der Waals surface area contributed by atoms with E-state index < -0.39 is 11.9 Å². The van der Waals surface area contributed by atoms with Crippen molar-refractivity contribution in [2.45, 2.75) is 32.5 Å². The first kappa shape index (κ1) is 18.4. The van der Waals surface area contributed by atoms with Crippen LogP contribution in [0.1, 0.15) is 23.6 Å². The average Bonchev–Trinajstić information content (AvgIpc) is 3.12. The molecule has 0 spiro atoms. The molecule has 0 radical (unpaired) electrons. The lowest BCUT2D eigenvalue weighted by Gasteiger charge is -2.27. The van der Waals surface area contributed by atoms with Crippen molar-refractivity contribution < 1.29 is 22.5 Å². The van der Waals surface area contributed by atoms with Crippen molar-refractivity contribution in [3.63, 3.8) is 0 Å². The number of aromatic nitrogens is 3. The van der Waals surface area contributed by atoms with Gasteiger partial charge < -0.3 is 9.09 Å². The van der Waals surface area contributed by atoms with Gasteiger partial charge in [0.15, 0.2) is 5.69 Å². The Morgan fingerprint density at radius 3 is 2.92 bits per heavy atom. The van der Waals surface area contributed by atoms with E-state index in [4.69, 9.17) is 4.52 Å². The van der Waals surface area contributed by atoms with Gasteiger partial charge in [-0.3, -0.25) is 15.0 Å². The number of fused-ring (bicyclic) bond motifs is 1. The molecule has 0 saturated carbocycles. The third-order valence-corrected chi connectivity index (χ3v) is 4.25. The Morgan fingerprint density at radius 1 is 1.50 bits per heavy atom. The second-order valence-electron chi connectivity index (χ2n) is 6.67. The molecule has 1 N–H and O–H groups in total. The number of nitrogens with zero attached hydrogens (tertiary/aromatic N) is 4. The van der Waals surface area contributed by atoms with Crippen LogP contribution in [0.2, 0.25) is 0 Å². The highest BCUT2D eigenvalue weighted by Crippen LogP contribution is 2.30. The molecule has 7 nitrogen and oxygen atoms in total. The largest absolute Gasteiger partial charge is 0.434 e. The van der Waals surface area contributed by atoms with Gasteiger partial charge in [-0.15, -0.1) is 0 Å². The van der Waals surface area contributed by atoms with E-state index in [1.54, 1.807) is 24.6 Å². The Labute approximate surface area is 148 Å². The molecule has 1 aliphatic rings. The number of aryl methyl sites for hydroxylation is 2. The third kappa shape index (κ3) is 4.43. The Kier molecular flexibility index (Phi) is 5.03. The molecule has 1 atom stereocenters. The highest BCUT2D eigenvalue weighted by Gasteiger charge is 2.35. The minimum atomic E-state index is -4.42. The first-order valence-electron chi connectivity index (χ1n) is 8.25. The van der Waals surface area contributed by atoms with Gasteiger partial charge in [-0.2, -0.15) is 13.2 Å². The zero-order valence-corrected chi connectivity index (χ0v) is 14.5. The SMILES string of the molecule is Cc1cc(NC(=O)CN(C)CC2CCc3nc(C(F)(F)F)cn3C2)on1. The van der Waals surface area contributed by atoms with Crippen LogP contribution in [0.5, 0.6) is 0 Å². The molecule has 10 heteroatoms. The normalized spacial score (nSPS) is 17.4. The lowest BCUT2D eigenvalue weighted by molar-refractivity contribution is -0.141. The monoisotopic (exact) mass is 371 g/mol. The average molecular weight is 371 g/mol. The van der Waals surface area contributed by atoms with Crippen LogP contribution in [0.3, 0.4) is 0 Å². The molecule has 26 heavy (non-hydrogen) atoms. The van der Waals surface area contributed by atoms with E-state index in [-0.39, 0.29) is 18.4 Å². The van der Waals surface area contributed by atoms with Crippen molar-refractivity contribution in [1.29, 1.82) is 0 Å². The van der Waals surface area contributed by atoms with Gasteiger partial charge in [0, 0.05) is 31.8 Å². The van der Waals surface area contributed by atoms with E-state index in [0.717, 1.165) is 12.6 Å². The number of rotatable bonds is 5. The van der Waals surface area contributed by atoms with E-state index >= 15 is 0 Å². The molecule has 1 aliphatic heterocycles. The molecule has 0 fully saturated rings. The molecule has 142 valence electrons. The minimum Gasteiger partial charge on any atom is -0.338 e. The molecule has 0 aliphatic carbocycles. The maximum Gasteiger partial charge on any atom is 0.434 e. The number of nitrogens with one attached hydrogen (secondary N) is 1. The smallest absolute Gasteiger partial charge is 0.338 e. The maximum atomic E-state index is 12.8. The molecule has 1 amide bonds. The summed E-state index contributed by atoms with van der Waals surface area (Å²) in [6, 6.07) is 1.62. The van der Waals surface area contributed by atoms with Crippen molar-refractivity contribution >= 4 is 11.8 Å². The van der Waals surface area contributed by atoms with Crippen LogP contribution in [0.15, 0.2) is 16.8 Å². The van der Waals surface area contributed by atoms with Gasteiger partial charge >= 0.3 is 6.18 Å². The van der Waals surface area contributed by atoms with Gasteiger partial charge in [0.1, 0.15) is 5.82 Å². The van der Waals surface area contributed by atoms with Gasteiger partial charge in [0.2, 0.25) is 11.8 Å². The van der Waals surface area contributed by atoms with E-state index in [1.807, 2.05) is 4.90 Å². The number of anilines is 1. The van der Waals surface area contributed by atoms with E-state index in [1.165, 1.54) is 0 Å². The maximum absolute atomic E-state index is 12.8. The zero-order valence-electron chi connectivity index (χ0n) is 14.5. The lowest BCUT2D eigenvalue weighted by atomic mass is 9.99. The number of halogens is 3. The van der Waals surface area contributed by atoms with Crippen LogP contribution in [-0.2, 0) is 23.9 Å². The van der Waals surface area contributed by atoms with Crippen LogP contribution in [0.25, 0.3) is 0 Å². The predicted octanol–water partition coefficient (Wildman–Crippen LogP) is 2.33. The van der Waals surface area contributed by atoms with Crippen LogP contribution in [-0.4, -0.2) is 45.7 Å². The number of carbonyl (C=O) groups excluding carboxylic acids is 1. The second-order valence-corrected chi connectivity index (χ2v) is 6.67. The minimum absolute atomic E-state index is 0.154. The van der Waals surface area contributed by atoms with Crippen LogP contribution in [0.4, 0.5) is 19.1 Å². The first-order chi connectivity index (χ1) is 12.2. The fourth-order valence-corrected chi connectivity index (χ4v) is 3.15. The van der Waals surface area contributed by atoms with E-state index in [9.17, 15) is 18.0 Å². The molecule has 0 aromatic carbocycles. The summed E-state index contributed by atoms with van der Waals surface area (Å²) in [6.07, 6.45) is -2.12.